The first-order valence-corrected chi connectivity index (χ1v) is 9.73. The largest absolute Gasteiger partial charge is 0.486 e. The maximum atomic E-state index is 11.8. The third-order valence-electron chi connectivity index (χ3n) is 4.00. The second-order valence-corrected chi connectivity index (χ2v) is 7.39. The smallest absolute Gasteiger partial charge is 0.230 e. The van der Waals surface area contributed by atoms with Crippen LogP contribution in [0.25, 0.3) is 0 Å². The van der Waals surface area contributed by atoms with Crippen LogP contribution in [0, 0.1) is 0 Å². The van der Waals surface area contributed by atoms with Crippen molar-refractivity contribution in [3.63, 3.8) is 0 Å². The van der Waals surface area contributed by atoms with Gasteiger partial charge in [-0.3, -0.25) is 4.79 Å². The lowest BCUT2D eigenvalue weighted by atomic mass is 10.0. The molecule has 8 heteroatoms. The van der Waals surface area contributed by atoms with E-state index in [9.17, 15) is 4.79 Å². The Bertz CT molecular complexity index is 715. The van der Waals surface area contributed by atoms with Gasteiger partial charge >= 0.3 is 0 Å². The number of thioether (sulfide) groups is 1. The van der Waals surface area contributed by atoms with E-state index < -0.39 is 0 Å². The molecule has 0 saturated carbocycles. The van der Waals surface area contributed by atoms with Crippen LogP contribution in [0.4, 0.5) is 0 Å². The van der Waals surface area contributed by atoms with Gasteiger partial charge in [-0.05, 0) is 37.0 Å². The third-order valence-corrected chi connectivity index (χ3v) is 4.95. The number of rotatable bonds is 9. The molecule has 0 unspecified atom stereocenters. The van der Waals surface area contributed by atoms with E-state index >= 15 is 0 Å². The van der Waals surface area contributed by atoms with Gasteiger partial charge in [0, 0.05) is 6.04 Å². The lowest BCUT2D eigenvalue weighted by molar-refractivity contribution is -0.119. The van der Waals surface area contributed by atoms with Crippen molar-refractivity contribution in [2.24, 2.45) is 0 Å². The van der Waals surface area contributed by atoms with Gasteiger partial charge in [0.2, 0.25) is 11.1 Å². The Hall–Kier alpha value is -2.22. The second-order valence-electron chi connectivity index (χ2n) is 6.45. The van der Waals surface area contributed by atoms with E-state index in [1.54, 1.807) is 0 Å². The molecule has 0 saturated heterocycles. The number of nitrogens with two attached hydrogens (primary N) is 1. The summed E-state index contributed by atoms with van der Waals surface area (Å²) in [5, 5.41) is 11.5. The number of carbonyl (C=O) groups excluding carboxylic acids is 1. The van der Waals surface area contributed by atoms with Crippen LogP contribution in [0.3, 0.4) is 0 Å². The molecule has 2 aromatic rings. The topological polar surface area (TPSA) is 95.1 Å². The number of carbonyl (C=O) groups is 1. The van der Waals surface area contributed by atoms with Crippen molar-refractivity contribution in [2.45, 2.75) is 57.8 Å². The van der Waals surface area contributed by atoms with Gasteiger partial charge in [0.25, 0.3) is 0 Å². The molecule has 142 valence electrons. The van der Waals surface area contributed by atoms with Crippen LogP contribution in [-0.4, -0.2) is 32.6 Å². The molecule has 0 aliphatic rings. The van der Waals surface area contributed by atoms with Crippen LogP contribution in [0.15, 0.2) is 29.4 Å². The molecule has 0 aliphatic carbocycles. The molecule has 7 nitrogen and oxygen atoms in total. The molecule has 26 heavy (non-hydrogen) atoms. The number of nitrogens with one attached hydrogen (secondary N) is 1. The SMILES string of the molecule is CC[C@@H](C)NC(=O)CSc1nnc(COc2ccc(C(C)C)cc2)n1N. The lowest BCUT2D eigenvalue weighted by Crippen LogP contribution is -2.33. The molecule has 1 amide bonds. The summed E-state index contributed by atoms with van der Waals surface area (Å²) >= 11 is 1.25. The average Bonchev–Trinajstić information content (AvgIpc) is 2.98. The lowest BCUT2D eigenvalue weighted by Gasteiger charge is -2.11. The molecule has 2 rings (SSSR count). The normalized spacial score (nSPS) is 12.2. The number of nitrogen functional groups attached to an aromatic ring is 1. The van der Waals surface area contributed by atoms with Crippen LogP contribution in [0.5, 0.6) is 5.75 Å². The Balaban J connectivity index is 1.87. The van der Waals surface area contributed by atoms with Crippen molar-refractivity contribution >= 4 is 17.7 Å². The fourth-order valence-electron chi connectivity index (χ4n) is 2.15. The first-order valence-electron chi connectivity index (χ1n) is 8.75. The maximum absolute atomic E-state index is 11.8. The van der Waals surface area contributed by atoms with Crippen molar-refractivity contribution in [1.29, 1.82) is 0 Å². The Kier molecular flexibility index (Phi) is 7.32. The molecule has 0 spiro atoms. The molecule has 0 radical (unpaired) electrons. The summed E-state index contributed by atoms with van der Waals surface area (Å²) in [6, 6.07) is 8.11. The Morgan fingerprint density at radius 2 is 1.96 bits per heavy atom. The van der Waals surface area contributed by atoms with Gasteiger partial charge in [0.05, 0.1) is 5.75 Å². The van der Waals surface area contributed by atoms with Crippen LogP contribution < -0.4 is 15.9 Å². The number of nitrogens with zero attached hydrogens (tertiary/aromatic N) is 3. The summed E-state index contributed by atoms with van der Waals surface area (Å²) in [5.41, 5.74) is 1.26. The molecular weight excluding hydrogens is 350 g/mol. The minimum absolute atomic E-state index is 0.0459. The van der Waals surface area contributed by atoms with Crippen molar-refractivity contribution in [3.8, 4) is 5.75 Å². The van der Waals surface area contributed by atoms with Crippen LogP contribution in [0.2, 0.25) is 0 Å². The molecule has 0 aliphatic heterocycles. The van der Waals surface area contributed by atoms with Crippen molar-refractivity contribution in [3.05, 3.63) is 35.7 Å². The van der Waals surface area contributed by atoms with E-state index in [-0.39, 0.29) is 24.3 Å². The molecule has 0 bridgehead atoms. The number of hydrogen-bond donors (Lipinski definition) is 2. The summed E-state index contributed by atoms with van der Waals surface area (Å²) in [6.07, 6.45) is 0.892. The molecule has 3 N–H and O–H groups in total. The summed E-state index contributed by atoms with van der Waals surface area (Å²) < 4.78 is 7.09. The third kappa shape index (κ3) is 5.66. The summed E-state index contributed by atoms with van der Waals surface area (Å²) in [5.74, 6) is 7.94. The summed E-state index contributed by atoms with van der Waals surface area (Å²) in [6.45, 7) is 8.50. The molecule has 0 fully saturated rings. The molecule has 1 aromatic heterocycles. The maximum Gasteiger partial charge on any atom is 0.230 e. The quantitative estimate of drug-likeness (QED) is 0.515. The van der Waals surface area contributed by atoms with Gasteiger partial charge in [-0.1, -0.05) is 44.7 Å². The minimum atomic E-state index is -0.0459. The molecule has 1 heterocycles. The molecular formula is C18H27N5O2S. The number of aromatic nitrogens is 3. The zero-order chi connectivity index (χ0) is 19.1. The Labute approximate surface area is 158 Å². The van der Waals surface area contributed by atoms with E-state index in [2.05, 4.69) is 29.4 Å². The summed E-state index contributed by atoms with van der Waals surface area (Å²) in [4.78, 5) is 11.8. The molecule has 1 aromatic carbocycles. The average molecular weight is 378 g/mol. The fourth-order valence-corrected chi connectivity index (χ4v) is 2.84. The zero-order valence-corrected chi connectivity index (χ0v) is 16.5. The van der Waals surface area contributed by atoms with Gasteiger partial charge in [0.15, 0.2) is 5.82 Å². The molecule has 1 atom stereocenters. The number of hydrogen-bond acceptors (Lipinski definition) is 6. The van der Waals surface area contributed by atoms with Crippen molar-refractivity contribution in [1.82, 2.24) is 20.2 Å². The number of benzene rings is 1. The van der Waals surface area contributed by atoms with Crippen molar-refractivity contribution < 1.29 is 9.53 Å². The minimum Gasteiger partial charge on any atom is -0.486 e. The van der Waals surface area contributed by atoms with E-state index in [4.69, 9.17) is 10.6 Å². The van der Waals surface area contributed by atoms with Crippen LogP contribution >= 0.6 is 11.8 Å². The van der Waals surface area contributed by atoms with Crippen LogP contribution in [-0.2, 0) is 11.4 Å². The highest BCUT2D eigenvalue weighted by molar-refractivity contribution is 7.99. The predicted octanol–water partition coefficient (Wildman–Crippen LogP) is 2.70. The fraction of sp³-hybridized carbons (Fsp3) is 0.500. The highest BCUT2D eigenvalue weighted by Gasteiger charge is 2.13. The van der Waals surface area contributed by atoms with Gasteiger partial charge in [-0.25, -0.2) is 4.68 Å². The standard InChI is InChI=1S/C18H27N5O2S/c1-5-13(4)20-17(24)11-26-18-22-21-16(23(18)19)10-25-15-8-6-14(7-9-15)12(2)3/h6-9,12-13H,5,10-11,19H2,1-4H3,(H,20,24)/t13-/m1/s1. The van der Waals surface area contributed by atoms with Gasteiger partial charge in [-0.2, -0.15) is 0 Å². The van der Waals surface area contributed by atoms with Gasteiger partial charge in [0.1, 0.15) is 12.4 Å². The Morgan fingerprint density at radius 3 is 2.58 bits per heavy atom. The number of amides is 1. The highest BCUT2D eigenvalue weighted by Crippen LogP contribution is 2.20. The first-order chi connectivity index (χ1) is 12.4. The zero-order valence-electron chi connectivity index (χ0n) is 15.7. The van der Waals surface area contributed by atoms with Crippen LogP contribution in [0.1, 0.15) is 51.4 Å². The Morgan fingerprint density at radius 1 is 1.27 bits per heavy atom. The predicted molar refractivity (Wildman–Crippen MR) is 104 cm³/mol. The van der Waals surface area contributed by atoms with Gasteiger partial charge in [-0.15, -0.1) is 10.2 Å². The first kappa shape index (κ1) is 20.1. The van der Waals surface area contributed by atoms with Gasteiger partial charge < -0.3 is 15.9 Å². The summed E-state index contributed by atoms with van der Waals surface area (Å²) in [7, 11) is 0. The van der Waals surface area contributed by atoms with E-state index in [1.807, 2.05) is 38.1 Å². The second kappa shape index (κ2) is 9.47. The highest BCUT2D eigenvalue weighted by atomic mass is 32.2. The number of ether oxygens (including phenoxy) is 1. The van der Waals surface area contributed by atoms with Crippen molar-refractivity contribution in [2.75, 3.05) is 11.6 Å². The van der Waals surface area contributed by atoms with E-state index in [0.717, 1.165) is 12.2 Å². The van der Waals surface area contributed by atoms with E-state index in [1.165, 1.54) is 22.0 Å². The van der Waals surface area contributed by atoms with E-state index in [0.29, 0.717) is 16.9 Å². The monoisotopic (exact) mass is 377 g/mol.